The summed E-state index contributed by atoms with van der Waals surface area (Å²) < 4.78 is 0. The van der Waals surface area contributed by atoms with Gasteiger partial charge >= 0.3 is 0 Å². The van der Waals surface area contributed by atoms with Crippen LogP contribution < -0.4 is 0 Å². The van der Waals surface area contributed by atoms with Crippen molar-refractivity contribution in [2.24, 2.45) is 0 Å². The molecule has 1 aliphatic heterocycles. The van der Waals surface area contributed by atoms with Crippen LogP contribution >= 0.6 is 0 Å². The highest BCUT2D eigenvalue weighted by atomic mass is 16.2. The lowest BCUT2D eigenvalue weighted by atomic mass is 9.92. The molecule has 2 heteroatoms. The Morgan fingerprint density at radius 2 is 1.37 bits per heavy atom. The topological polar surface area (TPSA) is 20.3 Å². The summed E-state index contributed by atoms with van der Waals surface area (Å²) in [5, 5.41) is 2.33. The van der Waals surface area contributed by atoms with Gasteiger partial charge in [0.25, 0.3) is 5.91 Å². The highest BCUT2D eigenvalue weighted by Crippen LogP contribution is 2.43. The molecule has 4 aromatic carbocycles. The Kier molecular flexibility index (Phi) is 3.75. The van der Waals surface area contributed by atoms with Crippen molar-refractivity contribution < 1.29 is 4.79 Å². The van der Waals surface area contributed by atoms with Gasteiger partial charge in [-0.1, -0.05) is 91.0 Å². The lowest BCUT2D eigenvalue weighted by Crippen LogP contribution is -2.28. The molecule has 2 nitrogen and oxygen atoms in total. The van der Waals surface area contributed by atoms with Crippen LogP contribution in [0.3, 0.4) is 0 Å². The Morgan fingerprint density at radius 3 is 2.15 bits per heavy atom. The van der Waals surface area contributed by atoms with E-state index in [1.54, 1.807) is 0 Å². The number of benzene rings is 4. The predicted molar refractivity (Wildman–Crippen MR) is 109 cm³/mol. The molecule has 0 radical (unpaired) electrons. The molecule has 0 N–H and O–H groups in total. The van der Waals surface area contributed by atoms with E-state index in [9.17, 15) is 4.79 Å². The number of amides is 1. The van der Waals surface area contributed by atoms with Gasteiger partial charge in [0, 0.05) is 12.1 Å². The summed E-state index contributed by atoms with van der Waals surface area (Å²) in [5.41, 5.74) is 4.24. The third-order valence-electron chi connectivity index (χ3n) is 5.36. The fourth-order valence-corrected chi connectivity index (χ4v) is 4.13. The fraction of sp³-hybridized carbons (Fsp3) is 0.0800. The zero-order valence-electron chi connectivity index (χ0n) is 14.9. The van der Waals surface area contributed by atoms with E-state index < -0.39 is 0 Å². The molecule has 0 aliphatic carbocycles. The highest BCUT2D eigenvalue weighted by Gasteiger charge is 2.38. The smallest absolute Gasteiger partial charge is 0.255 e. The molecule has 130 valence electrons. The van der Waals surface area contributed by atoms with Crippen molar-refractivity contribution in [3.8, 4) is 0 Å². The molecule has 1 unspecified atom stereocenters. The van der Waals surface area contributed by atoms with Gasteiger partial charge < -0.3 is 4.90 Å². The molecule has 0 aromatic heterocycles. The molecule has 0 bridgehead atoms. The second-order valence-corrected chi connectivity index (χ2v) is 6.98. The van der Waals surface area contributed by atoms with Crippen molar-refractivity contribution in [2.75, 3.05) is 0 Å². The Hall–Kier alpha value is -3.39. The van der Waals surface area contributed by atoms with E-state index in [0.29, 0.717) is 6.54 Å². The van der Waals surface area contributed by atoms with Crippen molar-refractivity contribution in [2.45, 2.75) is 12.6 Å². The van der Waals surface area contributed by atoms with E-state index in [4.69, 9.17) is 0 Å². The van der Waals surface area contributed by atoms with E-state index in [2.05, 4.69) is 48.5 Å². The molecule has 1 aliphatic rings. The zero-order chi connectivity index (χ0) is 18.2. The number of hydrogen-bond donors (Lipinski definition) is 0. The van der Waals surface area contributed by atoms with Crippen LogP contribution in [0.1, 0.15) is 33.1 Å². The average Bonchev–Trinajstić information content (AvgIpc) is 3.02. The summed E-state index contributed by atoms with van der Waals surface area (Å²) in [6.45, 7) is 0.599. The number of hydrogen-bond acceptors (Lipinski definition) is 1. The van der Waals surface area contributed by atoms with E-state index >= 15 is 0 Å². The standard InChI is InChI=1S/C25H19NO/c27-25-22-16-15-19-11-7-8-14-21(19)23(22)24(20-12-5-2-6-13-20)26(25)17-18-9-3-1-4-10-18/h1-16,24H,17H2. The first kappa shape index (κ1) is 15.8. The minimum atomic E-state index is -0.0694. The van der Waals surface area contributed by atoms with Crippen LogP contribution in [-0.2, 0) is 6.54 Å². The first-order chi connectivity index (χ1) is 13.3. The average molecular weight is 349 g/mol. The molecule has 1 atom stereocenters. The summed E-state index contributed by atoms with van der Waals surface area (Å²) in [7, 11) is 0. The monoisotopic (exact) mass is 349 g/mol. The van der Waals surface area contributed by atoms with Gasteiger partial charge in [0.2, 0.25) is 0 Å². The van der Waals surface area contributed by atoms with Crippen LogP contribution in [0.5, 0.6) is 0 Å². The Bertz CT molecular complexity index is 1120. The van der Waals surface area contributed by atoms with Crippen molar-refractivity contribution in [3.05, 3.63) is 119 Å². The molecule has 4 aromatic rings. The largest absolute Gasteiger partial charge is 0.323 e. The van der Waals surface area contributed by atoms with Crippen LogP contribution in [0.15, 0.2) is 97.1 Å². The van der Waals surface area contributed by atoms with Gasteiger partial charge in [-0.15, -0.1) is 0 Å². The van der Waals surface area contributed by atoms with Crippen molar-refractivity contribution in [1.29, 1.82) is 0 Å². The molecule has 0 saturated carbocycles. The van der Waals surface area contributed by atoms with E-state index in [1.165, 1.54) is 5.39 Å². The molecule has 1 amide bonds. The van der Waals surface area contributed by atoms with Crippen LogP contribution in [-0.4, -0.2) is 10.8 Å². The molecule has 27 heavy (non-hydrogen) atoms. The first-order valence-corrected chi connectivity index (χ1v) is 9.24. The summed E-state index contributed by atoms with van der Waals surface area (Å²) in [6, 6.07) is 32.9. The summed E-state index contributed by atoms with van der Waals surface area (Å²) in [6.07, 6.45) is 0. The van der Waals surface area contributed by atoms with Gasteiger partial charge in [-0.05, 0) is 33.5 Å². The number of carbonyl (C=O) groups is 1. The minimum Gasteiger partial charge on any atom is -0.323 e. The molecule has 1 heterocycles. The fourth-order valence-electron chi connectivity index (χ4n) is 4.13. The first-order valence-electron chi connectivity index (χ1n) is 9.24. The van der Waals surface area contributed by atoms with Crippen LogP contribution in [0.25, 0.3) is 10.8 Å². The molecule has 0 fully saturated rings. The quantitative estimate of drug-likeness (QED) is 0.472. The van der Waals surface area contributed by atoms with Crippen molar-refractivity contribution in [3.63, 3.8) is 0 Å². The number of nitrogens with zero attached hydrogens (tertiary/aromatic N) is 1. The van der Waals surface area contributed by atoms with Gasteiger partial charge in [0.05, 0.1) is 6.04 Å². The lowest BCUT2D eigenvalue weighted by Gasteiger charge is -2.26. The number of rotatable bonds is 3. The third kappa shape index (κ3) is 2.61. The number of fused-ring (bicyclic) bond motifs is 3. The maximum absolute atomic E-state index is 13.4. The second kappa shape index (κ2) is 6.40. The summed E-state index contributed by atoms with van der Waals surface area (Å²) in [4.78, 5) is 15.4. The van der Waals surface area contributed by atoms with Gasteiger partial charge in [-0.25, -0.2) is 0 Å². The Balaban J connectivity index is 1.72. The molecule has 0 spiro atoms. The molecule has 0 saturated heterocycles. The SMILES string of the molecule is O=C1c2ccc3ccccc3c2C(c2ccccc2)N1Cc1ccccc1. The minimum absolute atomic E-state index is 0.0694. The summed E-state index contributed by atoms with van der Waals surface area (Å²) in [5.74, 6) is 0.105. The highest BCUT2D eigenvalue weighted by molar-refractivity contribution is 6.05. The normalized spacial score (nSPS) is 15.9. The van der Waals surface area contributed by atoms with E-state index in [1.807, 2.05) is 53.4 Å². The molecule has 5 rings (SSSR count). The lowest BCUT2D eigenvalue weighted by molar-refractivity contribution is 0.0736. The Morgan fingerprint density at radius 1 is 0.704 bits per heavy atom. The third-order valence-corrected chi connectivity index (χ3v) is 5.36. The van der Waals surface area contributed by atoms with E-state index in [-0.39, 0.29) is 11.9 Å². The van der Waals surface area contributed by atoms with Gasteiger partial charge in [0.15, 0.2) is 0 Å². The van der Waals surface area contributed by atoms with Crippen LogP contribution in [0, 0.1) is 0 Å². The molecular weight excluding hydrogens is 330 g/mol. The maximum atomic E-state index is 13.4. The van der Waals surface area contributed by atoms with Gasteiger partial charge in [0.1, 0.15) is 0 Å². The number of carbonyl (C=O) groups excluding carboxylic acids is 1. The van der Waals surface area contributed by atoms with Crippen LogP contribution in [0.4, 0.5) is 0 Å². The van der Waals surface area contributed by atoms with Gasteiger partial charge in [-0.2, -0.15) is 0 Å². The Labute approximate surface area is 158 Å². The van der Waals surface area contributed by atoms with Gasteiger partial charge in [-0.3, -0.25) is 4.79 Å². The van der Waals surface area contributed by atoms with Crippen molar-refractivity contribution in [1.82, 2.24) is 4.90 Å². The molecular formula is C25H19NO. The second-order valence-electron chi connectivity index (χ2n) is 6.98. The maximum Gasteiger partial charge on any atom is 0.255 e. The predicted octanol–water partition coefficient (Wildman–Crippen LogP) is 5.59. The van der Waals surface area contributed by atoms with Crippen molar-refractivity contribution >= 4 is 16.7 Å². The van der Waals surface area contributed by atoms with E-state index in [0.717, 1.165) is 27.6 Å². The summed E-state index contributed by atoms with van der Waals surface area (Å²) >= 11 is 0. The van der Waals surface area contributed by atoms with Crippen LogP contribution in [0.2, 0.25) is 0 Å². The zero-order valence-corrected chi connectivity index (χ0v) is 14.9.